The molecule has 0 spiro atoms. The molecule has 3 heterocycles. The lowest BCUT2D eigenvalue weighted by Gasteiger charge is -2.44. The predicted molar refractivity (Wildman–Crippen MR) is 135 cm³/mol. The van der Waals surface area contributed by atoms with E-state index in [0.29, 0.717) is 30.9 Å². The summed E-state index contributed by atoms with van der Waals surface area (Å²) in [6, 6.07) is 6.97. The summed E-state index contributed by atoms with van der Waals surface area (Å²) in [4.78, 5) is 43.7. The topological polar surface area (TPSA) is 185 Å². The van der Waals surface area contributed by atoms with Crippen molar-refractivity contribution in [3.8, 4) is 0 Å². The molecule has 13 heteroatoms. The number of hydrogen-bond donors (Lipinski definition) is 5. The van der Waals surface area contributed by atoms with Gasteiger partial charge in [-0.3, -0.25) is 14.5 Å². The van der Waals surface area contributed by atoms with E-state index in [0.717, 1.165) is 30.5 Å². The molecule has 1 aromatic heterocycles. The van der Waals surface area contributed by atoms with Crippen LogP contribution in [0.2, 0.25) is 0 Å². The number of fused-ring (bicyclic) bond motifs is 2. The van der Waals surface area contributed by atoms with Crippen LogP contribution < -0.4 is 4.90 Å². The highest BCUT2D eigenvalue weighted by atomic mass is 19.1. The smallest absolute Gasteiger partial charge is 0.336 e. The summed E-state index contributed by atoms with van der Waals surface area (Å²) >= 11 is 0. The van der Waals surface area contributed by atoms with Crippen molar-refractivity contribution in [2.24, 2.45) is 0 Å². The van der Waals surface area contributed by atoms with Gasteiger partial charge in [-0.25, -0.2) is 19.2 Å². The predicted octanol–water partition coefficient (Wildman–Crippen LogP) is 1.45. The van der Waals surface area contributed by atoms with Crippen molar-refractivity contribution in [1.82, 2.24) is 14.9 Å². The Bertz CT molecular complexity index is 1150. The zero-order chi connectivity index (χ0) is 29.0. The van der Waals surface area contributed by atoms with Crippen LogP contribution in [-0.4, -0.2) is 90.1 Å². The summed E-state index contributed by atoms with van der Waals surface area (Å²) in [5.74, 6) is -4.57. The summed E-state index contributed by atoms with van der Waals surface area (Å²) in [6.45, 7) is 0.808. The third-order valence-corrected chi connectivity index (χ3v) is 7.04. The van der Waals surface area contributed by atoms with Crippen LogP contribution in [0.25, 0.3) is 0 Å². The largest absolute Gasteiger partial charge is 0.481 e. The number of nitrogens with zero attached hydrogens (tertiary/aromatic N) is 4. The van der Waals surface area contributed by atoms with Gasteiger partial charge in [0.15, 0.2) is 5.60 Å². The van der Waals surface area contributed by atoms with Crippen LogP contribution in [0.1, 0.15) is 49.7 Å². The molecule has 2 aliphatic rings. The molecule has 2 unspecified atom stereocenters. The molecule has 0 saturated carbocycles. The van der Waals surface area contributed by atoms with Gasteiger partial charge < -0.3 is 30.4 Å². The van der Waals surface area contributed by atoms with Crippen LogP contribution in [-0.2, 0) is 26.5 Å². The number of piperidine rings is 1. The van der Waals surface area contributed by atoms with Crippen molar-refractivity contribution in [2.75, 3.05) is 19.0 Å². The zero-order valence-corrected chi connectivity index (χ0v) is 21.7. The van der Waals surface area contributed by atoms with E-state index in [-0.39, 0.29) is 5.82 Å². The molecule has 0 aliphatic carbocycles. The normalized spacial score (nSPS) is 22.5. The third kappa shape index (κ3) is 7.46. The van der Waals surface area contributed by atoms with Crippen molar-refractivity contribution in [2.45, 2.75) is 68.4 Å². The molecule has 0 amide bonds. The van der Waals surface area contributed by atoms with Crippen LogP contribution in [0.3, 0.4) is 0 Å². The van der Waals surface area contributed by atoms with E-state index in [1.807, 2.05) is 31.4 Å². The van der Waals surface area contributed by atoms with Crippen molar-refractivity contribution in [1.29, 1.82) is 0 Å². The molecule has 0 radical (unpaired) electrons. The van der Waals surface area contributed by atoms with Crippen LogP contribution in [0.5, 0.6) is 0 Å². The lowest BCUT2D eigenvalue weighted by atomic mass is 9.80. The van der Waals surface area contributed by atoms with Gasteiger partial charge in [0.25, 0.3) is 0 Å². The fraction of sp³-hybridized carbons (Fsp3) is 0.500. The quantitative estimate of drug-likeness (QED) is 0.304. The average molecular weight is 549 g/mol. The van der Waals surface area contributed by atoms with Crippen molar-refractivity contribution in [3.63, 3.8) is 0 Å². The first-order valence-electron chi connectivity index (χ1n) is 12.3. The van der Waals surface area contributed by atoms with Crippen LogP contribution in [0, 0.1) is 5.82 Å². The van der Waals surface area contributed by atoms with Gasteiger partial charge in [-0.2, -0.15) is 0 Å². The highest BCUT2D eigenvalue weighted by molar-refractivity contribution is 5.88. The Morgan fingerprint density at radius 2 is 1.49 bits per heavy atom. The highest BCUT2D eigenvalue weighted by Gasteiger charge is 2.48. The molecule has 2 aromatic rings. The average Bonchev–Trinajstić information content (AvgIpc) is 3.08. The zero-order valence-electron chi connectivity index (χ0n) is 21.7. The molecule has 2 aliphatic heterocycles. The van der Waals surface area contributed by atoms with Gasteiger partial charge in [0, 0.05) is 50.7 Å². The number of benzene rings is 1. The van der Waals surface area contributed by atoms with Crippen molar-refractivity contribution in [3.05, 3.63) is 53.6 Å². The standard InChI is InChI=1S/C20H25FN4O.C6H8O7/c1-24(2)19-22-11-14(12-23-19)13-25-17-7-8-18(25)10-20(26,9-17)15-3-5-16(21)6-4-15;7-3(8)1-6(13,5(11)12)2-4(9)10/h3-6,11-12,17-18,26H,7-10,13H2,1-2H3;13H,1-2H2,(H,7,8)(H,9,10)(H,11,12). The first-order chi connectivity index (χ1) is 18.2. The molecule has 2 atom stereocenters. The van der Waals surface area contributed by atoms with E-state index in [1.54, 1.807) is 12.1 Å². The third-order valence-electron chi connectivity index (χ3n) is 7.04. The van der Waals surface area contributed by atoms with E-state index in [2.05, 4.69) is 14.9 Å². The van der Waals surface area contributed by atoms with Crippen molar-refractivity contribution >= 4 is 23.9 Å². The van der Waals surface area contributed by atoms with Crippen LogP contribution >= 0.6 is 0 Å². The summed E-state index contributed by atoms with van der Waals surface area (Å²) < 4.78 is 13.2. The maximum absolute atomic E-state index is 13.2. The molecule has 2 saturated heterocycles. The number of aromatic nitrogens is 2. The fourth-order valence-electron chi connectivity index (χ4n) is 5.16. The SMILES string of the molecule is CN(C)c1ncc(CN2C3CCC2CC(O)(c2ccc(F)cc2)C3)cn1.O=C(O)CC(O)(CC(=O)O)C(=O)O. The van der Waals surface area contributed by atoms with E-state index in [4.69, 9.17) is 20.4 Å². The fourth-order valence-corrected chi connectivity index (χ4v) is 5.16. The molecule has 2 bridgehead atoms. The van der Waals surface area contributed by atoms with E-state index >= 15 is 0 Å². The van der Waals surface area contributed by atoms with Gasteiger partial charge >= 0.3 is 17.9 Å². The second-order valence-electron chi connectivity index (χ2n) is 10.3. The van der Waals surface area contributed by atoms with Crippen molar-refractivity contribution < 1.29 is 44.3 Å². The van der Waals surface area contributed by atoms with E-state index in [9.17, 15) is 23.9 Å². The number of carbonyl (C=O) groups is 3. The Hall–Kier alpha value is -3.68. The van der Waals surface area contributed by atoms with Crippen LogP contribution in [0.15, 0.2) is 36.7 Å². The minimum absolute atomic E-state index is 0.265. The highest BCUT2D eigenvalue weighted by Crippen LogP contribution is 2.46. The molecule has 2 fully saturated rings. The summed E-state index contributed by atoms with van der Waals surface area (Å²) in [6.07, 6.45) is 5.04. The number of anilines is 1. The van der Waals surface area contributed by atoms with Gasteiger partial charge in [-0.15, -0.1) is 0 Å². The van der Waals surface area contributed by atoms with Gasteiger partial charge in [0.2, 0.25) is 5.95 Å². The first-order valence-corrected chi connectivity index (χ1v) is 12.3. The maximum Gasteiger partial charge on any atom is 0.336 e. The lowest BCUT2D eigenvalue weighted by molar-refractivity contribution is -0.170. The van der Waals surface area contributed by atoms with E-state index in [1.165, 1.54) is 12.1 Å². The van der Waals surface area contributed by atoms with Gasteiger partial charge in [-0.1, -0.05) is 12.1 Å². The second kappa shape index (κ2) is 12.0. The first kappa shape index (κ1) is 29.9. The number of carboxylic acids is 3. The Balaban J connectivity index is 0.000000276. The van der Waals surface area contributed by atoms with E-state index < -0.39 is 42.0 Å². The molecule has 39 heavy (non-hydrogen) atoms. The molecule has 1 aromatic carbocycles. The number of hydrogen-bond acceptors (Lipinski definition) is 9. The van der Waals surface area contributed by atoms with Gasteiger partial charge in [0.05, 0.1) is 18.4 Å². The van der Waals surface area contributed by atoms with Crippen LogP contribution in [0.4, 0.5) is 10.3 Å². The molecule has 4 rings (SSSR count). The number of carboxylic acid groups (broad SMARTS) is 3. The molecule has 212 valence electrons. The number of halogens is 1. The summed E-state index contributed by atoms with van der Waals surface area (Å²) in [5.41, 5.74) is -1.67. The Morgan fingerprint density at radius 1 is 1.00 bits per heavy atom. The van der Waals surface area contributed by atoms with Gasteiger partial charge in [0.1, 0.15) is 5.82 Å². The number of aliphatic carboxylic acids is 3. The number of rotatable bonds is 9. The second-order valence-corrected chi connectivity index (χ2v) is 10.3. The molecular weight excluding hydrogens is 515 g/mol. The molecular formula is C26H33FN4O8. The minimum Gasteiger partial charge on any atom is -0.481 e. The molecule has 12 nitrogen and oxygen atoms in total. The summed E-state index contributed by atoms with van der Waals surface area (Å²) in [7, 11) is 3.85. The lowest BCUT2D eigenvalue weighted by Crippen LogP contribution is -2.49. The summed E-state index contributed by atoms with van der Waals surface area (Å²) in [5, 5.41) is 45.0. The number of aliphatic hydroxyl groups is 2. The maximum atomic E-state index is 13.2. The monoisotopic (exact) mass is 548 g/mol. The van der Waals surface area contributed by atoms with Gasteiger partial charge in [-0.05, 0) is 43.4 Å². The Kier molecular flexibility index (Phi) is 9.20. The Morgan fingerprint density at radius 3 is 1.90 bits per heavy atom. The molecule has 5 N–H and O–H groups in total. The Labute approximate surface area is 224 Å². The minimum atomic E-state index is -2.74.